The van der Waals surface area contributed by atoms with E-state index in [-0.39, 0.29) is 6.04 Å². The number of nitrogens with zero attached hydrogens (tertiary/aromatic N) is 4. The zero-order valence-electron chi connectivity index (χ0n) is 8.90. The lowest BCUT2D eigenvalue weighted by Gasteiger charge is -2.12. The van der Waals surface area contributed by atoms with Crippen molar-refractivity contribution in [1.29, 1.82) is 0 Å². The van der Waals surface area contributed by atoms with Gasteiger partial charge >= 0.3 is 0 Å². The summed E-state index contributed by atoms with van der Waals surface area (Å²) in [6, 6.07) is 0.174. The van der Waals surface area contributed by atoms with Crippen LogP contribution in [-0.2, 0) is 11.3 Å². The zero-order valence-corrected chi connectivity index (χ0v) is 8.90. The first-order valence-corrected chi connectivity index (χ1v) is 4.78. The van der Waals surface area contributed by atoms with Gasteiger partial charge in [0.25, 0.3) is 0 Å². The van der Waals surface area contributed by atoms with Crippen LogP contribution in [0.3, 0.4) is 0 Å². The Labute approximate surface area is 83.6 Å². The maximum atomic E-state index is 5.32. The van der Waals surface area contributed by atoms with Gasteiger partial charge in [0.1, 0.15) is 0 Å². The molecule has 0 radical (unpaired) electrons. The van der Waals surface area contributed by atoms with Gasteiger partial charge in [-0.3, -0.25) is 0 Å². The van der Waals surface area contributed by atoms with E-state index in [1.165, 1.54) is 0 Å². The van der Waals surface area contributed by atoms with Crippen molar-refractivity contribution in [1.82, 2.24) is 25.5 Å². The predicted molar refractivity (Wildman–Crippen MR) is 51.8 cm³/mol. The van der Waals surface area contributed by atoms with Crippen LogP contribution >= 0.6 is 0 Å². The van der Waals surface area contributed by atoms with Gasteiger partial charge < -0.3 is 10.1 Å². The summed E-state index contributed by atoms with van der Waals surface area (Å²) in [7, 11) is 1.87. The minimum absolute atomic E-state index is 0.174. The number of hydrogen-bond donors (Lipinski definition) is 1. The molecule has 1 unspecified atom stereocenters. The van der Waals surface area contributed by atoms with Gasteiger partial charge in [-0.2, -0.15) is 0 Å². The lowest BCUT2D eigenvalue weighted by molar-refractivity contribution is 0.113. The highest BCUT2D eigenvalue weighted by atomic mass is 16.5. The quantitative estimate of drug-likeness (QED) is 0.698. The van der Waals surface area contributed by atoms with Crippen LogP contribution in [-0.4, -0.2) is 40.5 Å². The normalized spacial score (nSPS) is 13.1. The largest absolute Gasteiger partial charge is 0.380 e. The molecule has 0 fully saturated rings. The summed E-state index contributed by atoms with van der Waals surface area (Å²) < 4.78 is 7.10. The summed E-state index contributed by atoms with van der Waals surface area (Å²) in [5, 5.41) is 14.5. The van der Waals surface area contributed by atoms with E-state index < -0.39 is 0 Å². The predicted octanol–water partition coefficient (Wildman–Crippen LogP) is -0.0100. The lowest BCUT2D eigenvalue weighted by atomic mass is 10.3. The van der Waals surface area contributed by atoms with Gasteiger partial charge in [0.05, 0.1) is 19.2 Å². The second kappa shape index (κ2) is 5.66. The van der Waals surface area contributed by atoms with Crippen molar-refractivity contribution in [2.45, 2.75) is 26.4 Å². The second-order valence-corrected chi connectivity index (χ2v) is 3.08. The van der Waals surface area contributed by atoms with Gasteiger partial charge in [-0.25, -0.2) is 4.68 Å². The van der Waals surface area contributed by atoms with E-state index >= 15 is 0 Å². The van der Waals surface area contributed by atoms with E-state index in [1.54, 1.807) is 4.68 Å². The molecule has 0 amide bonds. The van der Waals surface area contributed by atoms with E-state index in [4.69, 9.17) is 4.74 Å². The Bertz CT molecular complexity index is 262. The molecule has 80 valence electrons. The summed E-state index contributed by atoms with van der Waals surface area (Å²) in [5.74, 6) is 0.833. The summed E-state index contributed by atoms with van der Waals surface area (Å²) >= 11 is 0. The highest BCUT2D eigenvalue weighted by molar-refractivity contribution is 4.82. The highest BCUT2D eigenvalue weighted by Gasteiger charge is 2.11. The van der Waals surface area contributed by atoms with Crippen molar-refractivity contribution in [3.05, 3.63) is 5.82 Å². The van der Waals surface area contributed by atoms with Crippen molar-refractivity contribution in [3.8, 4) is 0 Å². The van der Waals surface area contributed by atoms with Crippen LogP contribution in [0.25, 0.3) is 0 Å². The third kappa shape index (κ3) is 2.74. The van der Waals surface area contributed by atoms with Gasteiger partial charge in [-0.05, 0) is 31.3 Å². The summed E-state index contributed by atoms with van der Waals surface area (Å²) in [5.41, 5.74) is 0. The van der Waals surface area contributed by atoms with Crippen LogP contribution in [0, 0.1) is 0 Å². The molecule has 1 aromatic rings. The molecule has 0 bridgehead atoms. The van der Waals surface area contributed by atoms with Crippen molar-refractivity contribution in [2.75, 3.05) is 20.3 Å². The van der Waals surface area contributed by atoms with Crippen LogP contribution in [0.15, 0.2) is 0 Å². The molecule has 0 saturated heterocycles. The number of tetrazole rings is 1. The van der Waals surface area contributed by atoms with Gasteiger partial charge in [0.15, 0.2) is 5.82 Å². The Balaban J connectivity index is 2.58. The van der Waals surface area contributed by atoms with Crippen LogP contribution in [0.5, 0.6) is 0 Å². The molecular weight excluding hydrogens is 182 g/mol. The van der Waals surface area contributed by atoms with Gasteiger partial charge in [0.2, 0.25) is 0 Å². The number of aromatic nitrogens is 4. The Morgan fingerprint density at radius 3 is 3.00 bits per heavy atom. The average Bonchev–Trinajstić information content (AvgIpc) is 2.63. The molecule has 1 atom stereocenters. The lowest BCUT2D eigenvalue weighted by Crippen LogP contribution is -2.19. The standard InChI is InChI=1S/C8H17N5O/c1-4-14-6-7(2)13-8(5-9-3)10-11-12-13/h7,9H,4-6H2,1-3H3. The topological polar surface area (TPSA) is 64.9 Å². The first kappa shape index (κ1) is 11.1. The average molecular weight is 199 g/mol. The number of nitrogens with one attached hydrogen (secondary N) is 1. The third-order valence-electron chi connectivity index (χ3n) is 1.88. The van der Waals surface area contributed by atoms with Crippen LogP contribution in [0.1, 0.15) is 25.7 Å². The number of hydrogen-bond acceptors (Lipinski definition) is 5. The highest BCUT2D eigenvalue weighted by Crippen LogP contribution is 2.05. The first-order chi connectivity index (χ1) is 6.79. The smallest absolute Gasteiger partial charge is 0.165 e. The zero-order chi connectivity index (χ0) is 10.4. The van der Waals surface area contributed by atoms with Crippen molar-refractivity contribution >= 4 is 0 Å². The van der Waals surface area contributed by atoms with E-state index in [1.807, 2.05) is 20.9 Å². The van der Waals surface area contributed by atoms with Gasteiger partial charge in [-0.15, -0.1) is 5.10 Å². The third-order valence-corrected chi connectivity index (χ3v) is 1.88. The first-order valence-electron chi connectivity index (χ1n) is 4.78. The minimum atomic E-state index is 0.174. The Kier molecular flexibility index (Phi) is 4.48. The van der Waals surface area contributed by atoms with Gasteiger partial charge in [0, 0.05) is 6.61 Å². The van der Waals surface area contributed by atoms with Crippen molar-refractivity contribution < 1.29 is 4.74 Å². The molecule has 0 aliphatic carbocycles. The molecule has 1 rings (SSSR count). The van der Waals surface area contributed by atoms with E-state index in [0.29, 0.717) is 19.8 Å². The summed E-state index contributed by atoms with van der Waals surface area (Å²) in [6.45, 7) is 6.03. The number of ether oxygens (including phenoxy) is 1. The van der Waals surface area contributed by atoms with Gasteiger partial charge in [-0.1, -0.05) is 0 Å². The maximum absolute atomic E-state index is 5.32. The molecule has 1 heterocycles. The van der Waals surface area contributed by atoms with E-state index in [2.05, 4.69) is 20.8 Å². The molecule has 0 spiro atoms. The monoisotopic (exact) mass is 199 g/mol. The Morgan fingerprint density at radius 2 is 2.36 bits per heavy atom. The SMILES string of the molecule is CCOCC(C)n1nnnc1CNC. The van der Waals surface area contributed by atoms with Crippen LogP contribution in [0.2, 0.25) is 0 Å². The fourth-order valence-electron chi connectivity index (χ4n) is 1.19. The molecule has 0 aliphatic heterocycles. The number of rotatable bonds is 6. The van der Waals surface area contributed by atoms with Crippen molar-refractivity contribution in [2.24, 2.45) is 0 Å². The van der Waals surface area contributed by atoms with Crippen LogP contribution < -0.4 is 5.32 Å². The molecule has 6 heteroatoms. The molecule has 0 aliphatic rings. The second-order valence-electron chi connectivity index (χ2n) is 3.08. The van der Waals surface area contributed by atoms with E-state index in [0.717, 1.165) is 5.82 Å². The maximum Gasteiger partial charge on any atom is 0.165 e. The summed E-state index contributed by atoms with van der Waals surface area (Å²) in [4.78, 5) is 0. The summed E-state index contributed by atoms with van der Waals surface area (Å²) in [6.07, 6.45) is 0. The minimum Gasteiger partial charge on any atom is -0.380 e. The fourth-order valence-corrected chi connectivity index (χ4v) is 1.19. The molecule has 1 N–H and O–H groups in total. The van der Waals surface area contributed by atoms with Crippen LogP contribution in [0.4, 0.5) is 0 Å². The van der Waals surface area contributed by atoms with E-state index in [9.17, 15) is 0 Å². The Hall–Kier alpha value is -1.01. The van der Waals surface area contributed by atoms with Crippen molar-refractivity contribution in [3.63, 3.8) is 0 Å². The molecule has 0 aromatic carbocycles. The molecule has 6 nitrogen and oxygen atoms in total. The Morgan fingerprint density at radius 1 is 1.57 bits per heavy atom. The molecule has 0 saturated carbocycles. The fraction of sp³-hybridized carbons (Fsp3) is 0.875. The molecule has 14 heavy (non-hydrogen) atoms. The molecular formula is C8H17N5O. The molecule has 1 aromatic heterocycles.